The van der Waals surface area contributed by atoms with Crippen molar-refractivity contribution in [3.8, 4) is 10.4 Å². The molecule has 2 aromatic heterocycles. The summed E-state index contributed by atoms with van der Waals surface area (Å²) in [5.74, 6) is 0.302. The lowest BCUT2D eigenvalue weighted by molar-refractivity contribution is 0.632. The van der Waals surface area contributed by atoms with Gasteiger partial charge < -0.3 is 5.32 Å². The number of para-hydroxylation sites is 1. The summed E-state index contributed by atoms with van der Waals surface area (Å²) in [6.07, 6.45) is 1.50. The highest BCUT2D eigenvalue weighted by Gasteiger charge is 2.11. The van der Waals surface area contributed by atoms with Crippen LogP contribution in [0.3, 0.4) is 0 Å². The molecule has 2 aromatic carbocycles. The van der Waals surface area contributed by atoms with Crippen LogP contribution >= 0.6 is 11.3 Å². The Morgan fingerprint density at radius 1 is 0.913 bits per heavy atom. The minimum Gasteiger partial charge on any atom is -0.337 e. The molecule has 0 radical (unpaired) electrons. The first-order valence-electron chi connectivity index (χ1n) is 7.13. The average Bonchev–Trinajstić information content (AvgIpc) is 3.03. The third-order valence-electron chi connectivity index (χ3n) is 3.51. The molecule has 0 saturated heterocycles. The molecule has 2 heterocycles. The van der Waals surface area contributed by atoms with E-state index in [0.717, 1.165) is 20.7 Å². The van der Waals surface area contributed by atoms with E-state index in [1.165, 1.54) is 12.4 Å². The van der Waals surface area contributed by atoms with Gasteiger partial charge in [0.1, 0.15) is 22.8 Å². The maximum absolute atomic E-state index is 13.8. The first-order chi connectivity index (χ1) is 11.3. The monoisotopic (exact) mass is 321 g/mol. The van der Waals surface area contributed by atoms with Crippen LogP contribution in [0, 0.1) is 5.82 Å². The van der Waals surface area contributed by atoms with Gasteiger partial charge in [-0.05, 0) is 23.8 Å². The van der Waals surface area contributed by atoms with Crippen molar-refractivity contribution in [2.75, 3.05) is 5.32 Å². The van der Waals surface area contributed by atoms with Gasteiger partial charge in [0.2, 0.25) is 0 Å². The standard InChI is InChI=1S/C18H12FN3S/c19-14-8-4-5-9-15(14)22-17-13-10-16(12-6-2-1-3-7-12)23-18(13)21-11-20-17/h1-11H,(H,20,21,22). The summed E-state index contributed by atoms with van der Waals surface area (Å²) in [7, 11) is 0. The van der Waals surface area contributed by atoms with Crippen molar-refractivity contribution >= 4 is 33.1 Å². The number of aromatic nitrogens is 2. The fraction of sp³-hybridized carbons (Fsp3) is 0. The maximum atomic E-state index is 13.8. The minimum atomic E-state index is -0.308. The van der Waals surface area contributed by atoms with Gasteiger partial charge >= 0.3 is 0 Å². The van der Waals surface area contributed by atoms with E-state index in [0.29, 0.717) is 11.5 Å². The van der Waals surface area contributed by atoms with Crippen LogP contribution in [0.4, 0.5) is 15.9 Å². The topological polar surface area (TPSA) is 37.8 Å². The SMILES string of the molecule is Fc1ccccc1Nc1ncnc2sc(-c3ccccc3)cc12. The zero-order chi connectivity index (χ0) is 15.6. The van der Waals surface area contributed by atoms with E-state index in [4.69, 9.17) is 0 Å². The van der Waals surface area contributed by atoms with Crippen molar-refractivity contribution in [2.24, 2.45) is 0 Å². The Balaban J connectivity index is 1.79. The Morgan fingerprint density at radius 2 is 1.70 bits per heavy atom. The Kier molecular flexibility index (Phi) is 3.48. The molecule has 0 atom stereocenters. The molecular weight excluding hydrogens is 309 g/mol. The highest BCUT2D eigenvalue weighted by Crippen LogP contribution is 2.35. The van der Waals surface area contributed by atoms with Crippen LogP contribution in [0.15, 0.2) is 67.0 Å². The Hall–Kier alpha value is -2.79. The molecule has 0 unspecified atom stereocenters. The lowest BCUT2D eigenvalue weighted by Gasteiger charge is -2.06. The number of anilines is 2. The number of hydrogen-bond donors (Lipinski definition) is 1. The van der Waals surface area contributed by atoms with Gasteiger partial charge in [0.05, 0.1) is 11.1 Å². The molecule has 5 heteroatoms. The smallest absolute Gasteiger partial charge is 0.146 e. The number of nitrogens with zero attached hydrogens (tertiary/aromatic N) is 2. The van der Waals surface area contributed by atoms with Gasteiger partial charge in [-0.25, -0.2) is 14.4 Å². The highest BCUT2D eigenvalue weighted by molar-refractivity contribution is 7.21. The molecule has 0 aliphatic rings. The van der Waals surface area contributed by atoms with Crippen LogP contribution in [0.5, 0.6) is 0 Å². The van der Waals surface area contributed by atoms with E-state index in [2.05, 4.69) is 27.4 Å². The van der Waals surface area contributed by atoms with Crippen molar-refractivity contribution in [3.05, 3.63) is 72.8 Å². The number of rotatable bonds is 3. The second-order valence-corrected chi connectivity index (χ2v) is 6.05. The third kappa shape index (κ3) is 2.66. The Labute approximate surface area is 136 Å². The minimum absolute atomic E-state index is 0.308. The van der Waals surface area contributed by atoms with Crippen molar-refractivity contribution in [3.63, 3.8) is 0 Å². The number of thiophene rings is 1. The van der Waals surface area contributed by atoms with Crippen molar-refractivity contribution < 1.29 is 4.39 Å². The summed E-state index contributed by atoms with van der Waals surface area (Å²) in [4.78, 5) is 10.6. The number of fused-ring (bicyclic) bond motifs is 1. The van der Waals surface area contributed by atoms with Gasteiger partial charge in [0.15, 0.2) is 0 Å². The quantitative estimate of drug-likeness (QED) is 0.560. The lowest BCUT2D eigenvalue weighted by atomic mass is 10.2. The molecule has 23 heavy (non-hydrogen) atoms. The third-order valence-corrected chi connectivity index (χ3v) is 4.61. The fourth-order valence-electron chi connectivity index (χ4n) is 2.39. The Morgan fingerprint density at radius 3 is 2.52 bits per heavy atom. The fourth-order valence-corrected chi connectivity index (χ4v) is 3.39. The van der Waals surface area contributed by atoms with Gasteiger partial charge in [-0.3, -0.25) is 0 Å². The molecule has 0 spiro atoms. The van der Waals surface area contributed by atoms with Gasteiger partial charge in [0.25, 0.3) is 0 Å². The van der Waals surface area contributed by atoms with E-state index >= 15 is 0 Å². The number of halogens is 1. The first kappa shape index (κ1) is 13.8. The van der Waals surface area contributed by atoms with E-state index in [1.807, 2.05) is 24.3 Å². The van der Waals surface area contributed by atoms with Gasteiger partial charge in [0, 0.05) is 4.88 Å². The summed E-state index contributed by atoms with van der Waals surface area (Å²) in [5.41, 5.74) is 1.53. The van der Waals surface area contributed by atoms with Crippen LogP contribution in [0.1, 0.15) is 0 Å². The number of hydrogen-bond acceptors (Lipinski definition) is 4. The number of nitrogens with one attached hydrogen (secondary N) is 1. The molecule has 112 valence electrons. The van der Waals surface area contributed by atoms with Gasteiger partial charge in [-0.15, -0.1) is 11.3 Å². The normalized spacial score (nSPS) is 10.8. The lowest BCUT2D eigenvalue weighted by Crippen LogP contribution is -1.96. The second-order valence-electron chi connectivity index (χ2n) is 5.02. The molecule has 4 aromatic rings. The van der Waals surface area contributed by atoms with Crippen LogP contribution < -0.4 is 5.32 Å². The summed E-state index contributed by atoms with van der Waals surface area (Å²) in [5, 5.41) is 3.95. The molecule has 0 bridgehead atoms. The summed E-state index contributed by atoms with van der Waals surface area (Å²) >= 11 is 1.59. The second kappa shape index (κ2) is 5.78. The van der Waals surface area contributed by atoms with Crippen molar-refractivity contribution in [2.45, 2.75) is 0 Å². The Bertz CT molecular complexity index is 966. The average molecular weight is 321 g/mol. The zero-order valence-electron chi connectivity index (χ0n) is 12.0. The molecule has 1 N–H and O–H groups in total. The zero-order valence-corrected chi connectivity index (χ0v) is 12.8. The van der Waals surface area contributed by atoms with Crippen molar-refractivity contribution in [1.82, 2.24) is 9.97 Å². The van der Waals surface area contributed by atoms with E-state index < -0.39 is 0 Å². The molecule has 0 amide bonds. The molecule has 0 aliphatic carbocycles. The predicted octanol–water partition coefficient (Wildman–Crippen LogP) is 5.24. The van der Waals surface area contributed by atoms with Gasteiger partial charge in [-0.2, -0.15) is 0 Å². The van der Waals surface area contributed by atoms with Crippen LogP contribution in [0.2, 0.25) is 0 Å². The summed E-state index contributed by atoms with van der Waals surface area (Å²) < 4.78 is 13.8. The van der Waals surface area contributed by atoms with Gasteiger partial charge in [-0.1, -0.05) is 42.5 Å². The number of benzene rings is 2. The predicted molar refractivity (Wildman–Crippen MR) is 92.5 cm³/mol. The first-order valence-corrected chi connectivity index (χ1v) is 7.94. The van der Waals surface area contributed by atoms with Crippen LogP contribution in [0.25, 0.3) is 20.7 Å². The van der Waals surface area contributed by atoms with Crippen LogP contribution in [-0.2, 0) is 0 Å². The summed E-state index contributed by atoms with van der Waals surface area (Å²) in [6, 6.07) is 18.7. The van der Waals surface area contributed by atoms with Crippen LogP contribution in [-0.4, -0.2) is 9.97 Å². The molecule has 0 saturated carbocycles. The van der Waals surface area contributed by atoms with E-state index in [9.17, 15) is 4.39 Å². The summed E-state index contributed by atoms with van der Waals surface area (Å²) in [6.45, 7) is 0. The highest BCUT2D eigenvalue weighted by atomic mass is 32.1. The molecule has 4 rings (SSSR count). The molecular formula is C18H12FN3S. The molecule has 3 nitrogen and oxygen atoms in total. The molecule has 0 aliphatic heterocycles. The van der Waals surface area contributed by atoms with E-state index in [-0.39, 0.29) is 5.82 Å². The molecule has 0 fully saturated rings. The van der Waals surface area contributed by atoms with E-state index in [1.54, 1.807) is 29.5 Å². The largest absolute Gasteiger partial charge is 0.337 e. The van der Waals surface area contributed by atoms with Crippen molar-refractivity contribution in [1.29, 1.82) is 0 Å². The maximum Gasteiger partial charge on any atom is 0.146 e.